The fourth-order valence-corrected chi connectivity index (χ4v) is 4.70. The van der Waals surface area contributed by atoms with Crippen LogP contribution in [-0.4, -0.2) is 53.1 Å². The monoisotopic (exact) mass is 468 g/mol. The van der Waals surface area contributed by atoms with Crippen LogP contribution in [0.2, 0.25) is 10.0 Å². The molecule has 30 heavy (non-hydrogen) atoms. The van der Waals surface area contributed by atoms with Gasteiger partial charge in [-0.1, -0.05) is 49.2 Å². The summed E-state index contributed by atoms with van der Waals surface area (Å²) >= 11 is 12.3. The molecule has 2 aromatic rings. The highest BCUT2D eigenvalue weighted by Gasteiger charge is 2.24. The quantitative estimate of drug-likeness (QED) is 0.657. The normalized spacial score (nSPS) is 17.0. The van der Waals surface area contributed by atoms with Crippen molar-refractivity contribution in [1.29, 1.82) is 0 Å². The number of morpholine rings is 1. The highest BCUT2D eigenvalue weighted by molar-refractivity contribution is 7.85. The average Bonchev–Trinajstić information content (AvgIpc) is 2.75. The molecule has 1 N–H and O–H groups in total. The van der Waals surface area contributed by atoms with Crippen molar-refractivity contribution in [3.63, 3.8) is 0 Å². The maximum atomic E-state index is 12.9. The molecule has 1 heterocycles. The van der Waals surface area contributed by atoms with Crippen molar-refractivity contribution in [2.24, 2.45) is 0 Å². The molecular formula is C22H26Cl2N2O3S. The van der Waals surface area contributed by atoms with E-state index in [1.807, 2.05) is 38.1 Å². The van der Waals surface area contributed by atoms with E-state index in [0.717, 1.165) is 18.7 Å². The van der Waals surface area contributed by atoms with Crippen molar-refractivity contribution in [1.82, 2.24) is 10.2 Å². The molecule has 0 aliphatic carbocycles. The number of amides is 1. The average molecular weight is 469 g/mol. The third-order valence-corrected chi connectivity index (χ3v) is 7.20. The number of nitrogens with one attached hydrogen (secondary N) is 1. The zero-order valence-corrected chi connectivity index (χ0v) is 19.4. The molecule has 1 fully saturated rings. The molecule has 8 heteroatoms. The van der Waals surface area contributed by atoms with Crippen LogP contribution in [0.5, 0.6) is 0 Å². The van der Waals surface area contributed by atoms with Gasteiger partial charge in [0.1, 0.15) is 0 Å². The van der Waals surface area contributed by atoms with Gasteiger partial charge in [-0.25, -0.2) is 0 Å². The fraction of sp³-hybridized carbons (Fsp3) is 0.409. The van der Waals surface area contributed by atoms with Crippen LogP contribution >= 0.6 is 23.2 Å². The summed E-state index contributed by atoms with van der Waals surface area (Å²) in [5, 5.41) is 3.97. The van der Waals surface area contributed by atoms with Crippen LogP contribution in [0.1, 0.15) is 35.8 Å². The van der Waals surface area contributed by atoms with Gasteiger partial charge in [-0.3, -0.25) is 13.9 Å². The van der Waals surface area contributed by atoms with Crippen LogP contribution in [0.3, 0.4) is 0 Å². The van der Waals surface area contributed by atoms with E-state index in [9.17, 15) is 9.00 Å². The third kappa shape index (κ3) is 5.83. The molecule has 0 spiro atoms. The maximum Gasteiger partial charge on any atom is 0.252 e. The molecular weight excluding hydrogens is 443 g/mol. The molecule has 2 atom stereocenters. The molecule has 1 aliphatic heterocycles. The largest absolute Gasteiger partial charge is 0.379 e. The van der Waals surface area contributed by atoms with Gasteiger partial charge in [0, 0.05) is 34.8 Å². The van der Waals surface area contributed by atoms with Crippen molar-refractivity contribution in [3.8, 4) is 0 Å². The van der Waals surface area contributed by atoms with Gasteiger partial charge in [-0.05, 0) is 35.9 Å². The first-order valence-corrected chi connectivity index (χ1v) is 11.9. The van der Waals surface area contributed by atoms with Crippen molar-refractivity contribution in [3.05, 3.63) is 63.6 Å². The molecule has 2 unspecified atom stereocenters. The highest BCUT2D eigenvalue weighted by Crippen LogP contribution is 2.24. The third-order valence-electron chi connectivity index (χ3n) is 5.04. The Morgan fingerprint density at radius 2 is 1.80 bits per heavy atom. The second-order valence-corrected chi connectivity index (χ2v) is 10.3. The second-order valence-electron chi connectivity index (χ2n) is 7.41. The standard InChI is InChI=1S/C22H26Cl2N2O3S/c1-15(2)30(28)18-7-8-20(24)19(13-18)22(27)25-14-21(26-9-11-29-12-10-26)16-3-5-17(23)6-4-16/h3-8,13,15,21H,9-12,14H2,1-2H3,(H,25,27). The predicted molar refractivity (Wildman–Crippen MR) is 122 cm³/mol. The molecule has 0 bridgehead atoms. The summed E-state index contributed by atoms with van der Waals surface area (Å²) in [5.74, 6) is -0.283. The highest BCUT2D eigenvalue weighted by atomic mass is 35.5. The van der Waals surface area contributed by atoms with Gasteiger partial charge >= 0.3 is 0 Å². The van der Waals surface area contributed by atoms with Gasteiger partial charge in [0.25, 0.3) is 5.91 Å². The Morgan fingerprint density at radius 1 is 1.13 bits per heavy atom. The van der Waals surface area contributed by atoms with Crippen molar-refractivity contribution < 1.29 is 13.7 Å². The van der Waals surface area contributed by atoms with E-state index in [0.29, 0.717) is 40.3 Å². The summed E-state index contributed by atoms with van der Waals surface area (Å²) in [6, 6.07) is 12.6. The number of benzene rings is 2. The molecule has 2 aromatic carbocycles. The number of carbonyl (C=O) groups is 1. The summed E-state index contributed by atoms with van der Waals surface area (Å²) in [4.78, 5) is 15.8. The Balaban J connectivity index is 1.78. The van der Waals surface area contributed by atoms with Gasteiger partial charge in [0.05, 0.1) is 40.6 Å². The van der Waals surface area contributed by atoms with Crippen LogP contribution < -0.4 is 5.32 Å². The first-order chi connectivity index (χ1) is 14.4. The van der Waals surface area contributed by atoms with E-state index < -0.39 is 10.8 Å². The SMILES string of the molecule is CC(C)S(=O)c1ccc(Cl)c(C(=O)NCC(c2ccc(Cl)cc2)N2CCOCC2)c1. The van der Waals surface area contributed by atoms with E-state index in [1.54, 1.807) is 18.2 Å². The molecule has 5 nitrogen and oxygen atoms in total. The van der Waals surface area contributed by atoms with E-state index >= 15 is 0 Å². The van der Waals surface area contributed by atoms with Gasteiger partial charge in [0.15, 0.2) is 0 Å². The first kappa shape index (κ1) is 23.2. The molecule has 1 amide bonds. The summed E-state index contributed by atoms with van der Waals surface area (Å²) in [5.41, 5.74) is 1.40. The number of ether oxygens (including phenoxy) is 1. The molecule has 0 saturated carbocycles. The zero-order valence-electron chi connectivity index (χ0n) is 17.1. The van der Waals surface area contributed by atoms with Crippen molar-refractivity contribution >= 4 is 39.9 Å². The molecule has 1 aliphatic rings. The van der Waals surface area contributed by atoms with E-state index in [2.05, 4.69) is 10.2 Å². The number of halogens is 2. The fourth-order valence-electron chi connectivity index (χ4n) is 3.39. The van der Waals surface area contributed by atoms with Gasteiger partial charge in [-0.2, -0.15) is 0 Å². The van der Waals surface area contributed by atoms with Crippen LogP contribution in [0.15, 0.2) is 47.4 Å². The van der Waals surface area contributed by atoms with E-state index in [4.69, 9.17) is 27.9 Å². The number of carbonyl (C=O) groups excluding carboxylic acids is 1. The molecule has 0 aromatic heterocycles. The minimum Gasteiger partial charge on any atom is -0.379 e. The lowest BCUT2D eigenvalue weighted by atomic mass is 10.0. The summed E-state index contributed by atoms with van der Waals surface area (Å²) in [6.07, 6.45) is 0. The molecule has 1 saturated heterocycles. The summed E-state index contributed by atoms with van der Waals surface area (Å²) in [6.45, 7) is 7.06. The zero-order chi connectivity index (χ0) is 21.7. The molecule has 3 rings (SSSR count). The lowest BCUT2D eigenvalue weighted by molar-refractivity contribution is 0.0162. The topological polar surface area (TPSA) is 58.6 Å². The lowest BCUT2D eigenvalue weighted by Crippen LogP contribution is -2.43. The Kier molecular flexibility index (Phi) is 8.31. The molecule has 162 valence electrons. The minimum absolute atomic E-state index is 0.0122. The Morgan fingerprint density at radius 3 is 2.43 bits per heavy atom. The van der Waals surface area contributed by atoms with Gasteiger partial charge in [0.2, 0.25) is 0 Å². The van der Waals surface area contributed by atoms with Gasteiger partial charge in [-0.15, -0.1) is 0 Å². The lowest BCUT2D eigenvalue weighted by Gasteiger charge is -2.35. The second kappa shape index (κ2) is 10.7. The van der Waals surface area contributed by atoms with Crippen molar-refractivity contribution in [2.45, 2.75) is 30.0 Å². The maximum absolute atomic E-state index is 12.9. The van der Waals surface area contributed by atoms with E-state index in [1.165, 1.54) is 0 Å². The molecule has 0 radical (unpaired) electrons. The number of hydrogen-bond donors (Lipinski definition) is 1. The van der Waals surface area contributed by atoms with Crippen LogP contribution in [-0.2, 0) is 15.5 Å². The Bertz CT molecular complexity index is 900. The smallest absolute Gasteiger partial charge is 0.252 e. The van der Waals surface area contributed by atoms with Crippen LogP contribution in [0.4, 0.5) is 0 Å². The first-order valence-electron chi connectivity index (χ1n) is 9.92. The summed E-state index contributed by atoms with van der Waals surface area (Å²) in [7, 11) is -1.19. The Labute approximate surface area is 190 Å². The number of nitrogens with zero attached hydrogens (tertiary/aromatic N) is 1. The van der Waals surface area contributed by atoms with Crippen LogP contribution in [0.25, 0.3) is 0 Å². The number of hydrogen-bond acceptors (Lipinski definition) is 4. The van der Waals surface area contributed by atoms with Crippen molar-refractivity contribution in [2.75, 3.05) is 32.8 Å². The van der Waals surface area contributed by atoms with E-state index in [-0.39, 0.29) is 17.2 Å². The minimum atomic E-state index is -1.19. The predicted octanol–water partition coefficient (Wildman–Crippen LogP) is 4.31. The Hall–Kier alpha value is -1.44. The summed E-state index contributed by atoms with van der Waals surface area (Å²) < 4.78 is 17.9. The number of rotatable bonds is 7. The van der Waals surface area contributed by atoms with Crippen LogP contribution in [0, 0.1) is 0 Å². The van der Waals surface area contributed by atoms with Gasteiger partial charge < -0.3 is 10.1 Å².